The average molecular weight is 486 g/mol. The van der Waals surface area contributed by atoms with Crippen LogP contribution < -0.4 is 20.4 Å². The number of benzene rings is 1. The van der Waals surface area contributed by atoms with E-state index >= 15 is 0 Å². The van der Waals surface area contributed by atoms with Crippen molar-refractivity contribution in [2.24, 2.45) is 0 Å². The van der Waals surface area contributed by atoms with E-state index in [4.69, 9.17) is 11.6 Å². The Bertz CT molecular complexity index is 1020. The smallest absolute Gasteiger partial charge is 0.246 e. The average Bonchev–Trinajstić information content (AvgIpc) is 2.84. The van der Waals surface area contributed by atoms with Crippen LogP contribution in [0.4, 0.5) is 17.3 Å². The summed E-state index contributed by atoms with van der Waals surface area (Å²) in [4.78, 5) is 40.2. The van der Waals surface area contributed by atoms with Crippen molar-refractivity contribution < 1.29 is 9.59 Å². The number of piperazine rings is 1. The highest BCUT2D eigenvalue weighted by Gasteiger charge is 2.32. The molecule has 1 aromatic heterocycles. The quantitative estimate of drug-likeness (QED) is 0.621. The number of hydrogen-bond donors (Lipinski definition) is 2. The predicted octanol–water partition coefficient (Wildman–Crippen LogP) is 2.34. The van der Waals surface area contributed by atoms with Crippen LogP contribution in [0, 0.1) is 0 Å². The standard InChI is InChI=1S/C24H32ClN7O2/c1-16(2)26-9-8-19(17-4-6-18(25)7-5-17)24(34)32-12-10-31(11-13-32)23-21-22(28-15-29-23)27-14-20(33)30(21)3/h4-7,15-16,19,26H,8-14H2,1-3H3,(H,27,28,29)/t19-/m1/s1. The SMILES string of the molecule is CC(C)NCC[C@@H](C(=O)N1CCN(c2ncnc3c2N(C)C(=O)CN3)CC1)c1ccc(Cl)cc1. The lowest BCUT2D eigenvalue weighted by Gasteiger charge is -2.39. The van der Waals surface area contributed by atoms with Gasteiger partial charge in [0.2, 0.25) is 11.8 Å². The number of carbonyl (C=O) groups excluding carboxylic acids is 2. The minimum Gasteiger partial charge on any atom is -0.359 e. The van der Waals surface area contributed by atoms with Gasteiger partial charge in [-0.3, -0.25) is 9.59 Å². The lowest BCUT2D eigenvalue weighted by Crippen LogP contribution is -2.51. The fourth-order valence-electron chi connectivity index (χ4n) is 4.44. The number of anilines is 3. The molecule has 182 valence electrons. The summed E-state index contributed by atoms with van der Waals surface area (Å²) in [5.41, 5.74) is 1.68. The number of hydrogen-bond acceptors (Lipinski definition) is 7. The fraction of sp³-hybridized carbons (Fsp3) is 0.500. The van der Waals surface area contributed by atoms with E-state index in [0.29, 0.717) is 48.7 Å². The molecule has 0 radical (unpaired) electrons. The van der Waals surface area contributed by atoms with E-state index in [9.17, 15) is 9.59 Å². The first-order valence-electron chi connectivity index (χ1n) is 11.7. The number of fused-ring (bicyclic) bond motifs is 1. The van der Waals surface area contributed by atoms with Crippen LogP contribution in [0.5, 0.6) is 0 Å². The second-order valence-electron chi connectivity index (χ2n) is 9.01. The zero-order valence-corrected chi connectivity index (χ0v) is 20.7. The van der Waals surface area contributed by atoms with Crippen LogP contribution >= 0.6 is 11.6 Å². The van der Waals surface area contributed by atoms with E-state index in [2.05, 4.69) is 39.3 Å². The third-order valence-corrected chi connectivity index (χ3v) is 6.62. The zero-order chi connectivity index (χ0) is 24.2. The van der Waals surface area contributed by atoms with Gasteiger partial charge in [0.15, 0.2) is 11.6 Å². The Kier molecular flexibility index (Phi) is 7.53. The fourth-order valence-corrected chi connectivity index (χ4v) is 4.57. The molecule has 0 unspecified atom stereocenters. The second kappa shape index (κ2) is 10.6. The van der Waals surface area contributed by atoms with Gasteiger partial charge in [-0.1, -0.05) is 37.6 Å². The second-order valence-corrected chi connectivity index (χ2v) is 9.45. The Labute approximate surface area is 205 Å². The molecule has 0 aliphatic carbocycles. The third kappa shape index (κ3) is 5.26. The summed E-state index contributed by atoms with van der Waals surface area (Å²) in [5.74, 6) is 1.25. The first-order chi connectivity index (χ1) is 16.3. The van der Waals surface area contributed by atoms with Crippen LogP contribution in [0.25, 0.3) is 0 Å². The lowest BCUT2D eigenvalue weighted by atomic mass is 9.93. The van der Waals surface area contributed by atoms with Gasteiger partial charge >= 0.3 is 0 Å². The van der Waals surface area contributed by atoms with Crippen molar-refractivity contribution >= 4 is 40.7 Å². The summed E-state index contributed by atoms with van der Waals surface area (Å²) >= 11 is 6.08. The summed E-state index contributed by atoms with van der Waals surface area (Å²) in [5, 5.41) is 7.15. The molecule has 2 N–H and O–H groups in total. The highest BCUT2D eigenvalue weighted by Crippen LogP contribution is 2.35. The molecule has 0 saturated carbocycles. The van der Waals surface area contributed by atoms with Gasteiger partial charge in [-0.05, 0) is 30.7 Å². The van der Waals surface area contributed by atoms with E-state index in [1.807, 2.05) is 29.2 Å². The Hall–Kier alpha value is -2.91. The molecule has 2 aliphatic rings. The van der Waals surface area contributed by atoms with Gasteiger partial charge in [0.25, 0.3) is 0 Å². The van der Waals surface area contributed by atoms with Crippen molar-refractivity contribution in [2.45, 2.75) is 32.2 Å². The third-order valence-electron chi connectivity index (χ3n) is 6.37. The number of rotatable bonds is 7. The Morgan fingerprint density at radius 1 is 1.15 bits per heavy atom. The van der Waals surface area contributed by atoms with E-state index in [1.54, 1.807) is 11.9 Å². The summed E-state index contributed by atoms with van der Waals surface area (Å²) < 4.78 is 0. The molecule has 4 rings (SSSR count). The monoisotopic (exact) mass is 485 g/mol. The van der Waals surface area contributed by atoms with Gasteiger partial charge in [0.05, 0.1) is 12.5 Å². The molecule has 0 bridgehead atoms. The highest BCUT2D eigenvalue weighted by molar-refractivity contribution is 6.30. The molecule has 2 amide bonds. The van der Waals surface area contributed by atoms with Crippen molar-refractivity contribution in [3.63, 3.8) is 0 Å². The number of nitrogens with one attached hydrogen (secondary N) is 2. The molecule has 10 heteroatoms. The topological polar surface area (TPSA) is 93.7 Å². The van der Waals surface area contributed by atoms with Gasteiger partial charge in [-0.15, -0.1) is 0 Å². The minimum absolute atomic E-state index is 0.0295. The van der Waals surface area contributed by atoms with Crippen molar-refractivity contribution in [1.82, 2.24) is 20.2 Å². The van der Waals surface area contributed by atoms with Crippen LogP contribution in [-0.4, -0.2) is 79.0 Å². The summed E-state index contributed by atoms with van der Waals surface area (Å²) in [6.45, 7) is 7.63. The number of likely N-dealkylation sites (N-methyl/N-ethyl adjacent to an activating group) is 1. The van der Waals surface area contributed by atoms with Crippen LogP contribution in [-0.2, 0) is 9.59 Å². The maximum absolute atomic E-state index is 13.6. The van der Waals surface area contributed by atoms with Crippen molar-refractivity contribution in [3.8, 4) is 0 Å². The van der Waals surface area contributed by atoms with Crippen LogP contribution in [0.3, 0.4) is 0 Å². The van der Waals surface area contributed by atoms with Gasteiger partial charge in [0.1, 0.15) is 12.0 Å². The van der Waals surface area contributed by atoms with E-state index < -0.39 is 0 Å². The number of nitrogens with zero attached hydrogens (tertiary/aromatic N) is 5. The van der Waals surface area contributed by atoms with E-state index in [-0.39, 0.29) is 24.3 Å². The Morgan fingerprint density at radius 2 is 1.85 bits per heavy atom. The first-order valence-corrected chi connectivity index (χ1v) is 12.1. The molecule has 1 saturated heterocycles. The number of carbonyl (C=O) groups is 2. The summed E-state index contributed by atoms with van der Waals surface area (Å²) in [7, 11) is 1.75. The first kappa shape index (κ1) is 24.2. The normalized spacial score (nSPS) is 17.0. The molecule has 2 aromatic rings. The summed E-state index contributed by atoms with van der Waals surface area (Å²) in [6.07, 6.45) is 2.23. The largest absolute Gasteiger partial charge is 0.359 e. The maximum atomic E-state index is 13.6. The molecule has 2 aliphatic heterocycles. The summed E-state index contributed by atoms with van der Waals surface area (Å²) in [6, 6.07) is 7.94. The zero-order valence-electron chi connectivity index (χ0n) is 19.9. The van der Waals surface area contributed by atoms with Crippen molar-refractivity contribution in [2.75, 3.05) is 61.4 Å². The molecule has 34 heavy (non-hydrogen) atoms. The predicted molar refractivity (Wildman–Crippen MR) is 135 cm³/mol. The molecule has 1 fully saturated rings. The van der Waals surface area contributed by atoms with Gasteiger partial charge in [-0.2, -0.15) is 0 Å². The van der Waals surface area contributed by atoms with Crippen LogP contribution in [0.15, 0.2) is 30.6 Å². The minimum atomic E-state index is -0.227. The molecular formula is C24H32ClN7O2. The Morgan fingerprint density at radius 3 is 2.53 bits per heavy atom. The van der Waals surface area contributed by atoms with Gasteiger partial charge in [0, 0.05) is 44.3 Å². The molecule has 1 atom stereocenters. The highest BCUT2D eigenvalue weighted by atomic mass is 35.5. The van der Waals surface area contributed by atoms with Crippen molar-refractivity contribution in [3.05, 3.63) is 41.2 Å². The van der Waals surface area contributed by atoms with Crippen molar-refractivity contribution in [1.29, 1.82) is 0 Å². The lowest BCUT2D eigenvalue weighted by molar-refractivity contribution is -0.133. The van der Waals surface area contributed by atoms with Crippen LogP contribution in [0.2, 0.25) is 5.02 Å². The van der Waals surface area contributed by atoms with E-state index in [0.717, 1.165) is 24.3 Å². The molecular weight excluding hydrogens is 454 g/mol. The maximum Gasteiger partial charge on any atom is 0.246 e. The number of amides is 2. The number of aromatic nitrogens is 2. The molecule has 9 nitrogen and oxygen atoms in total. The molecule has 3 heterocycles. The molecule has 1 aromatic carbocycles. The van der Waals surface area contributed by atoms with Gasteiger partial charge < -0.3 is 25.3 Å². The van der Waals surface area contributed by atoms with Gasteiger partial charge in [-0.25, -0.2) is 9.97 Å². The van der Waals surface area contributed by atoms with E-state index in [1.165, 1.54) is 6.33 Å². The Balaban J connectivity index is 1.46. The molecule has 0 spiro atoms. The van der Waals surface area contributed by atoms with Crippen LogP contribution in [0.1, 0.15) is 31.7 Å². The number of halogens is 1.